The fraction of sp³-hybridized carbons (Fsp3) is 0.231. The molecule has 4 heteroatoms. The summed E-state index contributed by atoms with van der Waals surface area (Å²) in [4.78, 5) is 15.5. The van der Waals surface area contributed by atoms with Crippen LogP contribution in [0.1, 0.15) is 22.5 Å². The molecule has 0 amide bonds. The van der Waals surface area contributed by atoms with Gasteiger partial charge in [-0.25, -0.2) is 0 Å². The van der Waals surface area contributed by atoms with Gasteiger partial charge < -0.3 is 4.57 Å². The third-order valence-corrected chi connectivity index (χ3v) is 3.38. The molecule has 3 heterocycles. The van der Waals surface area contributed by atoms with Crippen LogP contribution >= 0.6 is 11.6 Å². The van der Waals surface area contributed by atoms with E-state index < -0.39 is 0 Å². The van der Waals surface area contributed by atoms with E-state index in [1.54, 1.807) is 6.20 Å². The van der Waals surface area contributed by atoms with Gasteiger partial charge in [0, 0.05) is 30.2 Å². The summed E-state index contributed by atoms with van der Waals surface area (Å²) in [5, 5.41) is -0.370. The highest BCUT2D eigenvalue weighted by atomic mass is 35.5. The molecule has 0 bridgehead atoms. The smallest absolute Gasteiger partial charge is 0.254 e. The molecule has 3 rings (SSSR count). The number of rotatable bonds is 2. The van der Waals surface area contributed by atoms with Crippen molar-refractivity contribution in [3.8, 4) is 11.3 Å². The van der Waals surface area contributed by atoms with Crippen LogP contribution in [0.5, 0.6) is 0 Å². The summed E-state index contributed by atoms with van der Waals surface area (Å²) in [5.41, 5.74) is 3.77. The first-order valence-corrected chi connectivity index (χ1v) is 5.98. The number of halogens is 1. The van der Waals surface area contributed by atoms with Crippen LogP contribution in [0.4, 0.5) is 0 Å². The van der Waals surface area contributed by atoms with Crippen molar-refractivity contribution in [3.63, 3.8) is 0 Å². The number of hydrogen-bond donors (Lipinski definition) is 0. The van der Waals surface area contributed by atoms with Crippen molar-refractivity contribution in [1.82, 2.24) is 9.55 Å². The van der Waals surface area contributed by atoms with Gasteiger partial charge in [0.05, 0.1) is 11.3 Å². The van der Waals surface area contributed by atoms with E-state index in [9.17, 15) is 4.79 Å². The summed E-state index contributed by atoms with van der Waals surface area (Å²) in [6.45, 7) is 0.948. The standard InChI is InChI=1S/C13H11ClN2O/c14-13(17)10-7-12(9-3-1-5-15-8-9)16-6-2-4-11(10)16/h1,3,5,7-8H,2,4,6H2. The molecule has 0 saturated heterocycles. The normalized spacial score (nSPS) is 13.7. The number of pyridine rings is 1. The molecule has 86 valence electrons. The minimum Gasteiger partial charge on any atom is -0.344 e. The second-order valence-electron chi connectivity index (χ2n) is 4.16. The first kappa shape index (κ1) is 10.5. The van der Waals surface area contributed by atoms with Crippen molar-refractivity contribution in [2.24, 2.45) is 0 Å². The van der Waals surface area contributed by atoms with Crippen molar-refractivity contribution < 1.29 is 4.79 Å². The molecule has 1 aliphatic heterocycles. The second-order valence-corrected chi connectivity index (χ2v) is 4.50. The first-order chi connectivity index (χ1) is 8.27. The number of hydrogen-bond acceptors (Lipinski definition) is 2. The topological polar surface area (TPSA) is 34.9 Å². The SMILES string of the molecule is O=C(Cl)c1cc(-c2cccnc2)n2c1CCC2. The van der Waals surface area contributed by atoms with Crippen LogP contribution in [0.15, 0.2) is 30.6 Å². The Hall–Kier alpha value is -1.61. The van der Waals surface area contributed by atoms with Gasteiger partial charge in [-0.3, -0.25) is 9.78 Å². The molecule has 17 heavy (non-hydrogen) atoms. The number of carbonyl (C=O) groups is 1. The van der Waals surface area contributed by atoms with Crippen LogP contribution < -0.4 is 0 Å². The van der Waals surface area contributed by atoms with E-state index >= 15 is 0 Å². The Balaban J connectivity index is 2.19. The molecule has 0 aliphatic carbocycles. The zero-order valence-electron chi connectivity index (χ0n) is 9.19. The van der Waals surface area contributed by atoms with E-state index in [-0.39, 0.29) is 5.24 Å². The van der Waals surface area contributed by atoms with Gasteiger partial charge in [0.1, 0.15) is 0 Å². The molecule has 0 unspecified atom stereocenters. The molecular formula is C13H11ClN2O. The van der Waals surface area contributed by atoms with Crippen molar-refractivity contribution in [2.75, 3.05) is 0 Å². The van der Waals surface area contributed by atoms with Crippen molar-refractivity contribution in [3.05, 3.63) is 41.9 Å². The minimum atomic E-state index is -0.370. The Bertz CT molecular complexity index is 575. The molecule has 2 aromatic rings. The molecule has 0 saturated carbocycles. The van der Waals surface area contributed by atoms with E-state index in [4.69, 9.17) is 11.6 Å². The maximum absolute atomic E-state index is 11.4. The Morgan fingerprint density at radius 3 is 3.06 bits per heavy atom. The molecule has 0 aromatic carbocycles. The minimum absolute atomic E-state index is 0.370. The fourth-order valence-corrected chi connectivity index (χ4v) is 2.61. The Labute approximate surface area is 104 Å². The summed E-state index contributed by atoms with van der Waals surface area (Å²) >= 11 is 5.62. The summed E-state index contributed by atoms with van der Waals surface area (Å²) in [6, 6.07) is 5.77. The molecule has 3 nitrogen and oxygen atoms in total. The average molecular weight is 247 g/mol. The lowest BCUT2D eigenvalue weighted by molar-refractivity contribution is 0.108. The van der Waals surface area contributed by atoms with Gasteiger partial charge in [-0.1, -0.05) is 0 Å². The predicted molar refractivity (Wildman–Crippen MR) is 66.2 cm³/mol. The van der Waals surface area contributed by atoms with Crippen LogP contribution in [0.25, 0.3) is 11.3 Å². The van der Waals surface area contributed by atoms with Crippen LogP contribution in [-0.2, 0) is 13.0 Å². The van der Waals surface area contributed by atoms with E-state index in [0.717, 1.165) is 36.3 Å². The Morgan fingerprint density at radius 1 is 1.47 bits per heavy atom. The quantitative estimate of drug-likeness (QED) is 0.764. The molecule has 0 fully saturated rings. The molecular weight excluding hydrogens is 236 g/mol. The van der Waals surface area contributed by atoms with Crippen LogP contribution in [0, 0.1) is 0 Å². The third kappa shape index (κ3) is 1.67. The van der Waals surface area contributed by atoms with Gasteiger partial charge in [0.2, 0.25) is 0 Å². The maximum atomic E-state index is 11.4. The Morgan fingerprint density at radius 2 is 2.35 bits per heavy atom. The summed E-state index contributed by atoms with van der Waals surface area (Å²) in [6.07, 6.45) is 5.54. The summed E-state index contributed by atoms with van der Waals surface area (Å²) < 4.78 is 2.17. The number of carbonyl (C=O) groups excluding carboxylic acids is 1. The van der Waals surface area contributed by atoms with Crippen LogP contribution in [0.2, 0.25) is 0 Å². The highest BCUT2D eigenvalue weighted by Crippen LogP contribution is 2.31. The zero-order valence-corrected chi connectivity index (χ0v) is 9.94. The summed E-state index contributed by atoms with van der Waals surface area (Å²) in [7, 11) is 0. The molecule has 0 spiro atoms. The number of nitrogens with zero attached hydrogens (tertiary/aromatic N) is 2. The van der Waals surface area contributed by atoms with Gasteiger partial charge in [-0.15, -0.1) is 0 Å². The lowest BCUT2D eigenvalue weighted by atomic mass is 10.1. The van der Waals surface area contributed by atoms with Crippen molar-refractivity contribution in [2.45, 2.75) is 19.4 Å². The number of fused-ring (bicyclic) bond motifs is 1. The van der Waals surface area contributed by atoms with Crippen LogP contribution in [0.3, 0.4) is 0 Å². The van der Waals surface area contributed by atoms with Gasteiger partial charge in [-0.05, 0) is 42.6 Å². The molecule has 2 aromatic heterocycles. The van der Waals surface area contributed by atoms with E-state index in [2.05, 4.69) is 9.55 Å². The van der Waals surface area contributed by atoms with Crippen molar-refractivity contribution in [1.29, 1.82) is 0 Å². The van der Waals surface area contributed by atoms with Gasteiger partial charge in [-0.2, -0.15) is 0 Å². The lowest BCUT2D eigenvalue weighted by Crippen LogP contribution is -1.96. The Kier molecular flexibility index (Phi) is 2.48. The highest BCUT2D eigenvalue weighted by Gasteiger charge is 2.23. The molecule has 0 radical (unpaired) electrons. The highest BCUT2D eigenvalue weighted by molar-refractivity contribution is 6.68. The summed E-state index contributed by atoms with van der Waals surface area (Å²) in [5.74, 6) is 0. The van der Waals surface area contributed by atoms with Crippen LogP contribution in [-0.4, -0.2) is 14.8 Å². The zero-order chi connectivity index (χ0) is 11.8. The van der Waals surface area contributed by atoms with Gasteiger partial charge in [0.25, 0.3) is 5.24 Å². The molecule has 0 N–H and O–H groups in total. The maximum Gasteiger partial charge on any atom is 0.254 e. The third-order valence-electron chi connectivity index (χ3n) is 3.17. The fourth-order valence-electron chi connectivity index (χ4n) is 2.44. The average Bonchev–Trinajstić information content (AvgIpc) is 2.90. The van der Waals surface area contributed by atoms with E-state index in [1.807, 2.05) is 24.4 Å². The monoisotopic (exact) mass is 246 g/mol. The van der Waals surface area contributed by atoms with Gasteiger partial charge in [0.15, 0.2) is 0 Å². The second kappa shape index (κ2) is 4.00. The largest absolute Gasteiger partial charge is 0.344 e. The van der Waals surface area contributed by atoms with E-state index in [0.29, 0.717) is 5.56 Å². The molecule has 0 atom stereocenters. The predicted octanol–water partition coefficient (Wildman–Crippen LogP) is 2.88. The lowest BCUT2D eigenvalue weighted by Gasteiger charge is -2.04. The number of aromatic nitrogens is 2. The van der Waals surface area contributed by atoms with Crippen molar-refractivity contribution >= 4 is 16.8 Å². The first-order valence-electron chi connectivity index (χ1n) is 5.60. The van der Waals surface area contributed by atoms with E-state index in [1.165, 1.54) is 0 Å². The van der Waals surface area contributed by atoms with Gasteiger partial charge >= 0.3 is 0 Å². The molecule has 1 aliphatic rings.